The van der Waals surface area contributed by atoms with Crippen molar-refractivity contribution in [3.05, 3.63) is 0 Å². The van der Waals surface area contributed by atoms with Gasteiger partial charge < -0.3 is 4.55 Å². The zero-order valence-corrected chi connectivity index (χ0v) is 8.44. The van der Waals surface area contributed by atoms with Crippen molar-refractivity contribution in [2.75, 3.05) is 0 Å². The molecule has 3 unspecified atom stereocenters. The molecule has 72 valence electrons. The molecular formula is C9H17O2S-. The summed E-state index contributed by atoms with van der Waals surface area (Å²) < 4.78 is 21.7. The first-order chi connectivity index (χ1) is 5.75. The molecule has 0 saturated heterocycles. The number of rotatable bonds is 3. The Kier molecular flexibility index (Phi) is 4.22. The van der Waals surface area contributed by atoms with Crippen LogP contribution >= 0.6 is 0 Å². The van der Waals surface area contributed by atoms with E-state index in [9.17, 15) is 8.76 Å². The molecule has 0 N–H and O–H groups in total. The molecular weight excluding hydrogens is 172 g/mol. The number of hydrogen-bond acceptors (Lipinski definition) is 2. The van der Waals surface area contributed by atoms with Crippen LogP contribution < -0.4 is 0 Å². The van der Waals surface area contributed by atoms with E-state index in [0.717, 1.165) is 32.1 Å². The van der Waals surface area contributed by atoms with Crippen LogP contribution in [0.1, 0.15) is 45.4 Å². The van der Waals surface area contributed by atoms with Crippen LogP contribution in [0.15, 0.2) is 0 Å². The molecule has 1 rings (SSSR count). The van der Waals surface area contributed by atoms with Crippen molar-refractivity contribution < 1.29 is 8.76 Å². The van der Waals surface area contributed by atoms with Crippen molar-refractivity contribution in [3.63, 3.8) is 0 Å². The molecule has 0 aliphatic heterocycles. The first kappa shape index (κ1) is 10.2. The molecule has 2 nitrogen and oxygen atoms in total. The van der Waals surface area contributed by atoms with Gasteiger partial charge in [-0.15, -0.1) is 0 Å². The van der Waals surface area contributed by atoms with Crippen molar-refractivity contribution in [3.8, 4) is 0 Å². The first-order valence-corrected chi connectivity index (χ1v) is 5.97. The van der Waals surface area contributed by atoms with Gasteiger partial charge >= 0.3 is 0 Å². The summed E-state index contributed by atoms with van der Waals surface area (Å²) in [6, 6.07) is 0. The smallest absolute Gasteiger partial charge is 0.0244 e. The van der Waals surface area contributed by atoms with Gasteiger partial charge in [-0.1, -0.05) is 37.3 Å². The lowest BCUT2D eigenvalue weighted by Crippen LogP contribution is -2.28. The van der Waals surface area contributed by atoms with Gasteiger partial charge in [-0.3, -0.25) is 4.21 Å². The minimum Gasteiger partial charge on any atom is -0.772 e. The van der Waals surface area contributed by atoms with E-state index >= 15 is 0 Å². The Morgan fingerprint density at radius 3 is 2.67 bits per heavy atom. The Balaban J connectivity index is 2.48. The summed E-state index contributed by atoms with van der Waals surface area (Å²) in [5.74, 6) is 0.446. The Labute approximate surface area is 77.0 Å². The van der Waals surface area contributed by atoms with Crippen LogP contribution in [-0.4, -0.2) is 14.0 Å². The van der Waals surface area contributed by atoms with E-state index in [0.29, 0.717) is 5.92 Å². The van der Waals surface area contributed by atoms with Gasteiger partial charge in [0.15, 0.2) is 0 Å². The monoisotopic (exact) mass is 189 g/mol. The lowest BCUT2D eigenvalue weighted by atomic mass is 9.86. The van der Waals surface area contributed by atoms with Gasteiger partial charge in [-0.2, -0.15) is 0 Å². The van der Waals surface area contributed by atoms with E-state index in [4.69, 9.17) is 0 Å². The van der Waals surface area contributed by atoms with Gasteiger partial charge in [0.05, 0.1) is 0 Å². The fourth-order valence-electron chi connectivity index (χ4n) is 2.13. The Bertz CT molecular complexity index is 157. The molecule has 0 aromatic carbocycles. The summed E-state index contributed by atoms with van der Waals surface area (Å²) >= 11 is -1.83. The number of hydrogen-bond donors (Lipinski definition) is 0. The fraction of sp³-hybridized carbons (Fsp3) is 1.00. The Hall–Kier alpha value is 0.110. The summed E-state index contributed by atoms with van der Waals surface area (Å²) in [6.07, 6.45) is 6.52. The van der Waals surface area contributed by atoms with E-state index in [2.05, 4.69) is 6.92 Å². The van der Waals surface area contributed by atoms with Gasteiger partial charge in [0.2, 0.25) is 0 Å². The highest BCUT2D eigenvalue weighted by molar-refractivity contribution is 7.79. The fourth-order valence-corrected chi connectivity index (χ4v) is 3.07. The topological polar surface area (TPSA) is 40.1 Å². The van der Waals surface area contributed by atoms with Crippen LogP contribution in [0.25, 0.3) is 0 Å². The van der Waals surface area contributed by atoms with Crippen molar-refractivity contribution in [1.82, 2.24) is 0 Å². The second kappa shape index (κ2) is 4.97. The van der Waals surface area contributed by atoms with E-state index in [1.54, 1.807) is 0 Å². The highest BCUT2D eigenvalue weighted by atomic mass is 32.2. The van der Waals surface area contributed by atoms with E-state index in [1.807, 2.05) is 0 Å². The van der Waals surface area contributed by atoms with Crippen LogP contribution in [-0.2, 0) is 11.1 Å². The minimum absolute atomic E-state index is 0.0429. The molecule has 1 aliphatic rings. The predicted octanol–water partition coefficient (Wildman–Crippen LogP) is 2.22. The van der Waals surface area contributed by atoms with E-state index in [1.165, 1.54) is 6.42 Å². The second-order valence-electron chi connectivity index (χ2n) is 3.63. The molecule has 0 aromatic heterocycles. The van der Waals surface area contributed by atoms with Gasteiger partial charge in [0, 0.05) is 5.25 Å². The SMILES string of the molecule is CCCC1CCCCC1S(=O)[O-]. The minimum atomic E-state index is -1.83. The molecule has 0 spiro atoms. The van der Waals surface area contributed by atoms with E-state index < -0.39 is 11.1 Å². The summed E-state index contributed by atoms with van der Waals surface area (Å²) in [6.45, 7) is 2.12. The highest BCUT2D eigenvalue weighted by Crippen LogP contribution is 2.30. The maximum Gasteiger partial charge on any atom is 0.0244 e. The second-order valence-corrected chi connectivity index (χ2v) is 4.76. The molecule has 0 radical (unpaired) electrons. The average Bonchev–Trinajstić information content (AvgIpc) is 2.05. The van der Waals surface area contributed by atoms with Crippen LogP contribution in [0, 0.1) is 5.92 Å². The molecule has 0 heterocycles. The quantitative estimate of drug-likeness (QED) is 0.639. The predicted molar refractivity (Wildman–Crippen MR) is 49.6 cm³/mol. The van der Waals surface area contributed by atoms with Crippen LogP contribution in [0.5, 0.6) is 0 Å². The molecule has 3 heteroatoms. The largest absolute Gasteiger partial charge is 0.772 e. The molecule has 12 heavy (non-hydrogen) atoms. The van der Waals surface area contributed by atoms with Gasteiger partial charge in [-0.25, -0.2) is 0 Å². The zero-order valence-electron chi connectivity index (χ0n) is 7.62. The molecule has 1 fully saturated rings. The van der Waals surface area contributed by atoms with Crippen molar-refractivity contribution in [1.29, 1.82) is 0 Å². The van der Waals surface area contributed by atoms with Crippen LogP contribution in [0.3, 0.4) is 0 Å². The maximum absolute atomic E-state index is 10.8. The summed E-state index contributed by atoms with van der Waals surface area (Å²) in [4.78, 5) is 0. The summed E-state index contributed by atoms with van der Waals surface area (Å²) in [7, 11) is 0. The first-order valence-electron chi connectivity index (χ1n) is 4.83. The third kappa shape index (κ3) is 2.56. The van der Waals surface area contributed by atoms with E-state index in [-0.39, 0.29) is 5.25 Å². The highest BCUT2D eigenvalue weighted by Gasteiger charge is 2.24. The third-order valence-corrected chi connectivity index (χ3v) is 3.86. The zero-order chi connectivity index (χ0) is 8.97. The summed E-state index contributed by atoms with van der Waals surface area (Å²) in [5, 5.41) is -0.0429. The maximum atomic E-state index is 10.8. The Morgan fingerprint density at radius 1 is 1.42 bits per heavy atom. The lowest BCUT2D eigenvalue weighted by Gasteiger charge is -2.32. The van der Waals surface area contributed by atoms with Crippen molar-refractivity contribution in [2.45, 2.75) is 50.7 Å². The molecule has 0 amide bonds. The molecule has 0 aromatic rings. The lowest BCUT2D eigenvalue weighted by molar-refractivity contribution is 0.330. The van der Waals surface area contributed by atoms with Crippen molar-refractivity contribution >= 4 is 11.1 Å². The molecule has 3 atom stereocenters. The molecule has 1 aliphatic carbocycles. The van der Waals surface area contributed by atoms with Crippen LogP contribution in [0.2, 0.25) is 0 Å². The summed E-state index contributed by atoms with van der Waals surface area (Å²) in [5.41, 5.74) is 0. The normalized spacial score (nSPS) is 33.2. The van der Waals surface area contributed by atoms with Crippen molar-refractivity contribution in [2.24, 2.45) is 5.92 Å². The molecule has 1 saturated carbocycles. The Morgan fingerprint density at radius 2 is 2.08 bits per heavy atom. The van der Waals surface area contributed by atoms with Gasteiger partial charge in [0.1, 0.15) is 0 Å². The van der Waals surface area contributed by atoms with Gasteiger partial charge in [0.25, 0.3) is 0 Å². The van der Waals surface area contributed by atoms with Gasteiger partial charge in [-0.05, 0) is 25.2 Å². The van der Waals surface area contributed by atoms with Crippen LogP contribution in [0.4, 0.5) is 0 Å². The standard InChI is InChI=1S/C9H18O2S/c1-2-5-8-6-3-4-7-9(8)12(10)11/h8-9H,2-7H2,1H3,(H,10,11)/p-1. The molecule has 0 bridgehead atoms. The average molecular weight is 189 g/mol. The third-order valence-electron chi connectivity index (χ3n) is 2.75.